The Morgan fingerprint density at radius 1 is 1.18 bits per heavy atom. The van der Waals surface area contributed by atoms with Gasteiger partial charge in [0.15, 0.2) is 0 Å². The Kier molecular flexibility index (Phi) is 6.65. The monoisotopic (exact) mass is 556 g/mol. The van der Waals surface area contributed by atoms with Gasteiger partial charge in [-0.3, -0.25) is 14.7 Å². The van der Waals surface area contributed by atoms with E-state index in [2.05, 4.69) is 11.6 Å². The highest BCUT2D eigenvalue weighted by Gasteiger charge is 2.58. The number of benzene rings is 2. The fraction of sp³-hybridized carbons (Fsp3) is 0.310. The smallest absolute Gasteiger partial charge is 0.258 e. The third-order valence-electron chi connectivity index (χ3n) is 7.09. The molecule has 6 nitrogen and oxygen atoms in total. The molecule has 1 unspecified atom stereocenters. The lowest BCUT2D eigenvalue weighted by Gasteiger charge is -2.43. The number of halogens is 3. The summed E-state index contributed by atoms with van der Waals surface area (Å²) in [6, 6.07) is 11.7. The first-order valence-corrected chi connectivity index (χ1v) is 12.9. The van der Waals surface area contributed by atoms with Gasteiger partial charge in [0.25, 0.3) is 5.91 Å². The average Bonchev–Trinajstić information content (AvgIpc) is 3.55. The van der Waals surface area contributed by atoms with Crippen LogP contribution >= 0.6 is 23.2 Å². The Labute approximate surface area is 230 Å². The summed E-state index contributed by atoms with van der Waals surface area (Å²) in [5.41, 5.74) is -3.21. The van der Waals surface area contributed by atoms with Crippen LogP contribution in [0.5, 0.6) is 0 Å². The van der Waals surface area contributed by atoms with Gasteiger partial charge in [0, 0.05) is 16.8 Å². The minimum absolute atomic E-state index is 0.0251. The lowest BCUT2D eigenvalue weighted by atomic mass is 9.88. The number of carbonyl (C=O) groups is 1. The van der Waals surface area contributed by atoms with Crippen molar-refractivity contribution in [2.24, 2.45) is 0 Å². The number of rotatable bonds is 8. The zero-order valence-electron chi connectivity index (χ0n) is 20.9. The molecular weight excluding hydrogens is 530 g/mol. The molecule has 5 rings (SSSR count). The van der Waals surface area contributed by atoms with Crippen molar-refractivity contribution in [3.8, 4) is 0 Å². The molecule has 1 fully saturated rings. The van der Waals surface area contributed by atoms with Gasteiger partial charge in [-0.25, -0.2) is 4.39 Å². The molecule has 3 aromatic rings. The van der Waals surface area contributed by atoms with Crippen molar-refractivity contribution in [3.63, 3.8) is 0 Å². The van der Waals surface area contributed by atoms with E-state index in [1.54, 1.807) is 36.4 Å². The highest BCUT2D eigenvalue weighted by atomic mass is 35.5. The second-order valence-electron chi connectivity index (χ2n) is 10.4. The van der Waals surface area contributed by atoms with Crippen LogP contribution in [-0.2, 0) is 16.1 Å². The van der Waals surface area contributed by atoms with Crippen molar-refractivity contribution < 1.29 is 24.1 Å². The summed E-state index contributed by atoms with van der Waals surface area (Å²) in [6.07, 6.45) is 4.02. The first kappa shape index (κ1) is 26.8. The van der Waals surface area contributed by atoms with Gasteiger partial charge in [-0.1, -0.05) is 41.4 Å². The molecule has 2 aliphatic rings. The molecule has 1 aromatic heterocycles. The Hall–Kier alpha value is -2.81. The van der Waals surface area contributed by atoms with Crippen LogP contribution in [0.1, 0.15) is 65.5 Å². The molecule has 1 aliphatic heterocycles. The lowest BCUT2D eigenvalue weighted by Crippen LogP contribution is -2.50. The van der Waals surface area contributed by atoms with Crippen molar-refractivity contribution in [1.29, 1.82) is 0 Å². The van der Waals surface area contributed by atoms with Gasteiger partial charge < -0.3 is 14.9 Å². The number of hydrogen-bond acceptors (Lipinski definition) is 5. The number of hydrogen-bond donors (Lipinski definition) is 2. The fourth-order valence-corrected chi connectivity index (χ4v) is 5.06. The van der Waals surface area contributed by atoms with Gasteiger partial charge in [0.05, 0.1) is 45.7 Å². The topological polar surface area (TPSA) is 82.9 Å². The zero-order chi connectivity index (χ0) is 27.5. The van der Waals surface area contributed by atoms with E-state index in [0.717, 1.165) is 0 Å². The Morgan fingerprint density at radius 3 is 2.39 bits per heavy atom. The second-order valence-corrected chi connectivity index (χ2v) is 11.2. The van der Waals surface area contributed by atoms with E-state index in [-0.39, 0.29) is 23.3 Å². The van der Waals surface area contributed by atoms with Crippen LogP contribution in [0.3, 0.4) is 0 Å². The van der Waals surface area contributed by atoms with Crippen molar-refractivity contribution in [1.82, 2.24) is 9.88 Å². The van der Waals surface area contributed by atoms with Crippen molar-refractivity contribution in [2.45, 2.75) is 49.7 Å². The molecule has 1 amide bonds. The number of carbonyl (C=O) groups excluding carboxylic acids is 1. The van der Waals surface area contributed by atoms with Crippen LogP contribution in [-0.4, -0.2) is 38.2 Å². The molecule has 0 spiro atoms. The first-order valence-electron chi connectivity index (χ1n) is 12.2. The van der Waals surface area contributed by atoms with Crippen molar-refractivity contribution in [2.75, 3.05) is 6.61 Å². The second kappa shape index (κ2) is 9.43. The molecule has 198 valence electrons. The van der Waals surface area contributed by atoms with Crippen LogP contribution < -0.4 is 0 Å². The number of aromatic nitrogens is 1. The van der Waals surface area contributed by atoms with Gasteiger partial charge in [0.2, 0.25) is 5.72 Å². The largest absolute Gasteiger partial charge is 0.387 e. The molecule has 9 heteroatoms. The molecule has 2 aromatic carbocycles. The lowest BCUT2D eigenvalue weighted by molar-refractivity contribution is -0.144. The fourth-order valence-electron chi connectivity index (χ4n) is 4.82. The summed E-state index contributed by atoms with van der Waals surface area (Å²) in [4.78, 5) is 20.1. The quantitative estimate of drug-likeness (QED) is 0.338. The Morgan fingerprint density at radius 2 is 1.84 bits per heavy atom. The van der Waals surface area contributed by atoms with E-state index in [1.165, 1.54) is 43.2 Å². The average molecular weight is 557 g/mol. The van der Waals surface area contributed by atoms with Crippen LogP contribution in [0, 0.1) is 5.82 Å². The molecule has 1 aliphatic carbocycles. The minimum Gasteiger partial charge on any atom is -0.387 e. The molecule has 0 radical (unpaired) electrons. The van der Waals surface area contributed by atoms with E-state index < -0.39 is 34.7 Å². The molecule has 0 bridgehead atoms. The molecule has 2 atom stereocenters. The van der Waals surface area contributed by atoms with E-state index in [9.17, 15) is 15.0 Å². The molecule has 38 heavy (non-hydrogen) atoms. The van der Waals surface area contributed by atoms with Crippen LogP contribution in [0.25, 0.3) is 0 Å². The van der Waals surface area contributed by atoms with Gasteiger partial charge in [-0.15, -0.1) is 6.58 Å². The highest BCUT2D eigenvalue weighted by Crippen LogP contribution is 2.52. The van der Waals surface area contributed by atoms with E-state index in [4.69, 9.17) is 27.9 Å². The van der Waals surface area contributed by atoms with Gasteiger partial charge in [-0.2, -0.15) is 0 Å². The predicted molar refractivity (Wildman–Crippen MR) is 142 cm³/mol. The number of nitrogens with zero attached hydrogens (tertiary/aromatic N) is 2. The predicted octanol–water partition coefficient (Wildman–Crippen LogP) is 5.88. The number of aliphatic hydroxyl groups is 2. The summed E-state index contributed by atoms with van der Waals surface area (Å²) in [5.74, 6) is -1.29. The van der Waals surface area contributed by atoms with Gasteiger partial charge >= 0.3 is 0 Å². The van der Waals surface area contributed by atoms with Crippen LogP contribution in [0.4, 0.5) is 4.39 Å². The van der Waals surface area contributed by atoms with Crippen molar-refractivity contribution in [3.05, 3.63) is 111 Å². The van der Waals surface area contributed by atoms with Crippen LogP contribution in [0.15, 0.2) is 67.4 Å². The van der Waals surface area contributed by atoms with Crippen molar-refractivity contribution >= 4 is 29.1 Å². The maximum atomic E-state index is 16.2. The summed E-state index contributed by atoms with van der Waals surface area (Å²) in [5, 5.41) is 22.2. The maximum absolute atomic E-state index is 16.2. The number of ether oxygens (including phenoxy) is 1. The summed E-state index contributed by atoms with van der Waals surface area (Å²) in [6.45, 7) is 6.83. The SMILES string of the molecule is C=CC(c1ccc(Cl)cn1)N1C(=O)c2cc(C(C)(C)O)cc(F)c2[C@]1(OCC1(O)CC1)c1ccc(Cl)cc1. The van der Waals surface area contributed by atoms with Crippen LogP contribution in [0.2, 0.25) is 10.0 Å². The third-order valence-corrected chi connectivity index (χ3v) is 7.57. The standard InChI is InChI=1S/C29H27Cl2FN2O4/c1-4-24(23-10-9-20(31)15-33-23)34-26(35)21-13-18(27(2,3)36)14-22(32)25(21)29(34,38-16-28(37)11-12-28)17-5-7-19(30)8-6-17/h4-10,13-15,24,36-37H,1,11-12,16H2,2-3H3/t24?,29-/m1/s1. The Balaban J connectivity index is 1.81. The van der Waals surface area contributed by atoms with E-state index in [1.807, 2.05) is 0 Å². The van der Waals surface area contributed by atoms with Gasteiger partial charge in [0.1, 0.15) is 5.82 Å². The number of amides is 1. The summed E-state index contributed by atoms with van der Waals surface area (Å²) < 4.78 is 22.7. The number of pyridine rings is 1. The molecule has 2 heterocycles. The maximum Gasteiger partial charge on any atom is 0.258 e. The zero-order valence-corrected chi connectivity index (χ0v) is 22.4. The number of fused-ring (bicyclic) bond motifs is 1. The summed E-state index contributed by atoms with van der Waals surface area (Å²) in [7, 11) is 0. The van der Waals surface area contributed by atoms with Gasteiger partial charge in [-0.05, 0) is 68.7 Å². The van der Waals surface area contributed by atoms with E-state index in [0.29, 0.717) is 34.1 Å². The normalized spacial score (nSPS) is 20.8. The minimum atomic E-state index is -1.81. The Bertz CT molecular complexity index is 1400. The molecule has 1 saturated carbocycles. The highest BCUT2D eigenvalue weighted by molar-refractivity contribution is 6.30. The summed E-state index contributed by atoms with van der Waals surface area (Å²) >= 11 is 12.3. The molecule has 2 N–H and O–H groups in total. The third kappa shape index (κ3) is 4.52. The molecule has 0 saturated heterocycles. The molecular formula is C29H27Cl2FN2O4. The van der Waals surface area contributed by atoms with E-state index >= 15 is 4.39 Å². The first-order chi connectivity index (χ1) is 17.9.